The van der Waals surface area contributed by atoms with Gasteiger partial charge in [0, 0.05) is 6.54 Å². The fourth-order valence-electron chi connectivity index (χ4n) is 2.29. The van der Waals surface area contributed by atoms with Gasteiger partial charge in [0.2, 0.25) is 10.0 Å². The highest BCUT2D eigenvalue weighted by molar-refractivity contribution is 7.88. The van der Waals surface area contributed by atoms with Crippen LogP contribution in [0.3, 0.4) is 0 Å². The van der Waals surface area contributed by atoms with Gasteiger partial charge < -0.3 is 4.74 Å². The molecule has 1 unspecified atom stereocenters. The Bertz CT molecular complexity index is 740. The maximum atomic E-state index is 12.1. The first kappa shape index (κ1) is 15.1. The lowest BCUT2D eigenvalue weighted by Crippen LogP contribution is -2.39. The van der Waals surface area contributed by atoms with Gasteiger partial charge in [-0.15, -0.1) is 5.10 Å². The minimum atomic E-state index is -3.39. The SMILES string of the molecule is Cc1ccc(CS(=O)(=O)NCC2Cn3nncc3CO2)cc1. The van der Waals surface area contributed by atoms with Crippen molar-refractivity contribution < 1.29 is 13.2 Å². The van der Waals surface area contributed by atoms with Crippen LogP contribution < -0.4 is 4.72 Å². The first-order chi connectivity index (χ1) is 10.5. The molecule has 8 heteroatoms. The van der Waals surface area contributed by atoms with E-state index in [4.69, 9.17) is 4.74 Å². The number of aryl methyl sites for hydroxylation is 1. The zero-order valence-corrected chi connectivity index (χ0v) is 13.1. The lowest BCUT2D eigenvalue weighted by molar-refractivity contribution is 0.00404. The highest BCUT2D eigenvalue weighted by atomic mass is 32.2. The molecule has 7 nitrogen and oxygen atoms in total. The van der Waals surface area contributed by atoms with Crippen LogP contribution in [-0.4, -0.2) is 36.1 Å². The Balaban J connectivity index is 1.55. The van der Waals surface area contributed by atoms with E-state index in [0.717, 1.165) is 16.8 Å². The van der Waals surface area contributed by atoms with Crippen LogP contribution in [-0.2, 0) is 33.7 Å². The van der Waals surface area contributed by atoms with Crippen molar-refractivity contribution in [2.24, 2.45) is 0 Å². The van der Waals surface area contributed by atoms with Crippen molar-refractivity contribution in [2.45, 2.75) is 31.9 Å². The Morgan fingerprint density at radius 1 is 1.36 bits per heavy atom. The summed E-state index contributed by atoms with van der Waals surface area (Å²) in [5, 5.41) is 7.74. The Hall–Kier alpha value is -1.77. The number of aromatic nitrogens is 3. The fourth-order valence-corrected chi connectivity index (χ4v) is 3.46. The van der Waals surface area contributed by atoms with Gasteiger partial charge in [-0.05, 0) is 12.5 Å². The van der Waals surface area contributed by atoms with Gasteiger partial charge in [0.1, 0.15) is 0 Å². The number of sulfonamides is 1. The molecule has 0 amide bonds. The Kier molecular flexibility index (Phi) is 4.23. The van der Waals surface area contributed by atoms with Gasteiger partial charge in [0.15, 0.2) is 0 Å². The van der Waals surface area contributed by atoms with E-state index < -0.39 is 10.0 Å². The number of benzene rings is 1. The van der Waals surface area contributed by atoms with Crippen LogP contribution in [0.5, 0.6) is 0 Å². The summed E-state index contributed by atoms with van der Waals surface area (Å²) in [6.45, 7) is 3.10. The van der Waals surface area contributed by atoms with E-state index in [9.17, 15) is 8.42 Å². The quantitative estimate of drug-likeness (QED) is 0.871. The summed E-state index contributed by atoms with van der Waals surface area (Å²) in [6.07, 6.45) is 1.42. The average molecular weight is 322 g/mol. The third kappa shape index (κ3) is 3.70. The van der Waals surface area contributed by atoms with Gasteiger partial charge in [0.05, 0.1) is 36.9 Å². The molecule has 0 spiro atoms. The van der Waals surface area contributed by atoms with Crippen molar-refractivity contribution >= 4 is 10.0 Å². The molecule has 0 radical (unpaired) electrons. The van der Waals surface area contributed by atoms with Gasteiger partial charge in [-0.3, -0.25) is 0 Å². The molecule has 1 aromatic carbocycles. The lowest BCUT2D eigenvalue weighted by Gasteiger charge is -2.23. The number of nitrogens with one attached hydrogen (secondary N) is 1. The summed E-state index contributed by atoms with van der Waals surface area (Å²) in [4.78, 5) is 0. The van der Waals surface area contributed by atoms with E-state index in [1.165, 1.54) is 0 Å². The standard InChI is InChI=1S/C14H18N4O3S/c1-11-2-4-12(5-3-11)10-22(19,20)16-7-14-8-18-13(9-21-14)6-15-17-18/h2-6,14,16H,7-10H2,1H3. The summed E-state index contributed by atoms with van der Waals surface area (Å²) < 4.78 is 34.2. The number of nitrogens with zero attached hydrogens (tertiary/aromatic N) is 3. The summed E-state index contributed by atoms with van der Waals surface area (Å²) in [5.41, 5.74) is 2.77. The maximum Gasteiger partial charge on any atom is 0.215 e. The van der Waals surface area contributed by atoms with Crippen molar-refractivity contribution in [1.82, 2.24) is 19.7 Å². The Morgan fingerprint density at radius 2 is 2.14 bits per heavy atom. The van der Waals surface area contributed by atoms with E-state index in [1.54, 1.807) is 10.9 Å². The molecule has 1 atom stereocenters. The van der Waals surface area contributed by atoms with Crippen LogP contribution in [0.15, 0.2) is 30.5 Å². The molecule has 3 rings (SSSR count). The van der Waals surface area contributed by atoms with E-state index >= 15 is 0 Å². The normalized spacial score (nSPS) is 18.1. The van der Waals surface area contributed by atoms with Gasteiger partial charge in [-0.25, -0.2) is 17.8 Å². The molecule has 2 heterocycles. The molecule has 0 aliphatic carbocycles. The average Bonchev–Trinajstić information content (AvgIpc) is 2.95. The van der Waals surface area contributed by atoms with Crippen LogP contribution in [0.2, 0.25) is 0 Å². The van der Waals surface area contributed by atoms with Crippen LogP contribution >= 0.6 is 0 Å². The first-order valence-electron chi connectivity index (χ1n) is 7.04. The highest BCUT2D eigenvalue weighted by Gasteiger charge is 2.22. The zero-order chi connectivity index (χ0) is 15.6. The van der Waals surface area contributed by atoms with Crippen LogP contribution in [0.4, 0.5) is 0 Å². The second-order valence-corrected chi connectivity index (χ2v) is 7.24. The summed E-state index contributed by atoms with van der Waals surface area (Å²) in [7, 11) is -3.39. The van der Waals surface area contributed by atoms with Crippen molar-refractivity contribution in [1.29, 1.82) is 0 Å². The minimum absolute atomic E-state index is 0.0332. The molecule has 1 N–H and O–H groups in total. The zero-order valence-electron chi connectivity index (χ0n) is 12.3. The lowest BCUT2D eigenvalue weighted by atomic mass is 10.2. The summed E-state index contributed by atoms with van der Waals surface area (Å²) in [5.74, 6) is -0.0332. The second-order valence-electron chi connectivity index (χ2n) is 5.43. The predicted molar refractivity (Wildman–Crippen MR) is 80.4 cm³/mol. The van der Waals surface area contributed by atoms with E-state index in [2.05, 4.69) is 15.0 Å². The molecule has 0 bridgehead atoms. The first-order valence-corrected chi connectivity index (χ1v) is 8.69. The van der Waals surface area contributed by atoms with Crippen LogP contribution in [0.25, 0.3) is 0 Å². The van der Waals surface area contributed by atoms with Crippen LogP contribution in [0, 0.1) is 6.92 Å². The minimum Gasteiger partial charge on any atom is -0.369 e. The van der Waals surface area contributed by atoms with E-state index in [0.29, 0.717) is 13.2 Å². The number of hydrogen-bond acceptors (Lipinski definition) is 5. The van der Waals surface area contributed by atoms with Gasteiger partial charge in [0.25, 0.3) is 0 Å². The summed E-state index contributed by atoms with van der Waals surface area (Å²) >= 11 is 0. The second kappa shape index (κ2) is 6.15. The van der Waals surface area contributed by atoms with Crippen molar-refractivity contribution in [3.05, 3.63) is 47.3 Å². The van der Waals surface area contributed by atoms with Crippen molar-refractivity contribution in [2.75, 3.05) is 6.54 Å². The van der Waals surface area contributed by atoms with Crippen molar-refractivity contribution in [3.63, 3.8) is 0 Å². The maximum absolute atomic E-state index is 12.1. The molecular formula is C14H18N4O3S. The molecule has 1 aliphatic rings. The number of rotatable bonds is 5. The molecule has 1 aliphatic heterocycles. The fraction of sp³-hybridized carbons (Fsp3) is 0.429. The van der Waals surface area contributed by atoms with Crippen molar-refractivity contribution in [3.8, 4) is 0 Å². The molecule has 118 valence electrons. The number of ether oxygens (including phenoxy) is 1. The third-order valence-corrected chi connectivity index (χ3v) is 4.87. The predicted octanol–water partition coefficient (Wildman–Crippen LogP) is 0.605. The number of fused-ring (bicyclic) bond motifs is 1. The molecule has 0 fully saturated rings. The topological polar surface area (TPSA) is 86.1 Å². The molecule has 2 aromatic rings. The van der Waals surface area contributed by atoms with Gasteiger partial charge >= 0.3 is 0 Å². The Labute approximate surface area is 129 Å². The van der Waals surface area contributed by atoms with E-state index in [1.807, 2.05) is 31.2 Å². The van der Waals surface area contributed by atoms with E-state index in [-0.39, 0.29) is 18.4 Å². The Morgan fingerprint density at radius 3 is 2.91 bits per heavy atom. The molecule has 22 heavy (non-hydrogen) atoms. The van der Waals surface area contributed by atoms with Crippen LogP contribution in [0.1, 0.15) is 16.8 Å². The monoisotopic (exact) mass is 322 g/mol. The largest absolute Gasteiger partial charge is 0.369 e. The van der Waals surface area contributed by atoms with Gasteiger partial charge in [-0.1, -0.05) is 35.0 Å². The van der Waals surface area contributed by atoms with Gasteiger partial charge in [-0.2, -0.15) is 0 Å². The molecule has 0 saturated heterocycles. The highest BCUT2D eigenvalue weighted by Crippen LogP contribution is 2.12. The summed E-state index contributed by atoms with van der Waals surface area (Å²) in [6, 6.07) is 7.46. The molecular weight excluding hydrogens is 304 g/mol. The number of hydrogen-bond donors (Lipinski definition) is 1. The third-order valence-electron chi connectivity index (χ3n) is 3.55. The smallest absolute Gasteiger partial charge is 0.215 e. The molecule has 0 saturated carbocycles. The molecule has 1 aromatic heterocycles.